The minimum absolute atomic E-state index is 0.0603. The molecule has 0 bridgehead atoms. The number of benzene rings is 1. The van der Waals surface area contributed by atoms with Gasteiger partial charge in [-0.15, -0.1) is 10.2 Å². The lowest BCUT2D eigenvalue weighted by molar-refractivity contribution is 0.0715. The molecule has 3 heterocycles. The predicted octanol–water partition coefficient (Wildman–Crippen LogP) is 1.30. The van der Waals surface area contributed by atoms with E-state index in [1.165, 1.54) is 16.8 Å². The molecule has 9 heteroatoms. The molecule has 0 spiro atoms. The summed E-state index contributed by atoms with van der Waals surface area (Å²) in [5, 5.41) is 15.7. The number of carbonyl (C=O) groups excluding carboxylic acids is 1. The van der Waals surface area contributed by atoms with E-state index in [0.717, 1.165) is 12.8 Å². The van der Waals surface area contributed by atoms with Crippen LogP contribution in [0.25, 0.3) is 5.69 Å². The maximum absolute atomic E-state index is 13.0. The highest BCUT2D eigenvalue weighted by Crippen LogP contribution is 2.21. The van der Waals surface area contributed by atoms with Gasteiger partial charge in [0.2, 0.25) is 0 Å². The van der Waals surface area contributed by atoms with Crippen molar-refractivity contribution in [2.75, 3.05) is 6.54 Å². The van der Waals surface area contributed by atoms with Crippen molar-refractivity contribution in [1.82, 2.24) is 34.9 Å². The summed E-state index contributed by atoms with van der Waals surface area (Å²) in [7, 11) is 0. The fourth-order valence-electron chi connectivity index (χ4n) is 3.07. The van der Waals surface area contributed by atoms with E-state index >= 15 is 0 Å². The molecule has 1 saturated heterocycles. The summed E-state index contributed by atoms with van der Waals surface area (Å²) in [5.41, 5.74) is 0.920. The average Bonchev–Trinajstić information content (AvgIpc) is 3.37. The van der Waals surface area contributed by atoms with E-state index < -0.39 is 0 Å². The quantitative estimate of drug-likeness (QED) is 0.714. The Hall–Kier alpha value is -3.10. The second-order valence-corrected chi connectivity index (χ2v) is 5.94. The smallest absolute Gasteiger partial charge is 0.276 e. The molecule has 8 nitrogen and oxygen atoms in total. The number of hydrogen-bond donors (Lipinski definition) is 0. The number of hydrogen-bond acceptors (Lipinski definition) is 5. The molecule has 128 valence electrons. The maximum Gasteiger partial charge on any atom is 0.276 e. The van der Waals surface area contributed by atoms with Gasteiger partial charge in [-0.1, -0.05) is 10.4 Å². The third kappa shape index (κ3) is 3.12. The van der Waals surface area contributed by atoms with Crippen molar-refractivity contribution in [3.63, 3.8) is 0 Å². The maximum atomic E-state index is 13.0. The molecule has 4 rings (SSSR count). The van der Waals surface area contributed by atoms with Gasteiger partial charge >= 0.3 is 0 Å². The minimum Gasteiger partial charge on any atom is -0.332 e. The number of carbonyl (C=O) groups is 1. The molecule has 1 amide bonds. The molecule has 1 aromatic carbocycles. The summed E-state index contributed by atoms with van der Waals surface area (Å²) in [6.07, 6.45) is 6.83. The van der Waals surface area contributed by atoms with Gasteiger partial charge in [0, 0.05) is 12.7 Å². The summed E-state index contributed by atoms with van der Waals surface area (Å²) in [5.74, 6) is -0.482. The molecular formula is C16H16FN7O. The summed E-state index contributed by atoms with van der Waals surface area (Å²) in [6.45, 7) is 1.29. The number of halogens is 1. The molecule has 0 saturated carbocycles. The number of aromatic nitrogens is 6. The summed E-state index contributed by atoms with van der Waals surface area (Å²) >= 11 is 0. The van der Waals surface area contributed by atoms with Crippen LogP contribution in [0.15, 0.2) is 42.9 Å². The molecule has 1 atom stereocenters. The molecule has 25 heavy (non-hydrogen) atoms. The molecule has 0 N–H and O–H groups in total. The zero-order valence-electron chi connectivity index (χ0n) is 13.4. The van der Waals surface area contributed by atoms with E-state index in [2.05, 4.69) is 20.6 Å². The van der Waals surface area contributed by atoms with Gasteiger partial charge in [-0.25, -0.2) is 9.07 Å². The second-order valence-electron chi connectivity index (χ2n) is 5.94. The van der Waals surface area contributed by atoms with E-state index in [-0.39, 0.29) is 23.5 Å². The molecule has 1 fully saturated rings. The lowest BCUT2D eigenvalue weighted by Gasteiger charge is -2.23. The third-order valence-corrected chi connectivity index (χ3v) is 4.31. The van der Waals surface area contributed by atoms with Crippen LogP contribution in [0.5, 0.6) is 0 Å². The van der Waals surface area contributed by atoms with E-state index in [9.17, 15) is 9.18 Å². The summed E-state index contributed by atoms with van der Waals surface area (Å²) in [4.78, 5) is 14.6. The normalized spacial score (nSPS) is 17.2. The first-order chi connectivity index (χ1) is 12.2. The van der Waals surface area contributed by atoms with E-state index in [4.69, 9.17) is 0 Å². The first-order valence-corrected chi connectivity index (χ1v) is 8.04. The largest absolute Gasteiger partial charge is 0.332 e. The van der Waals surface area contributed by atoms with Crippen LogP contribution >= 0.6 is 0 Å². The van der Waals surface area contributed by atoms with E-state index in [0.29, 0.717) is 18.8 Å². The Morgan fingerprint density at radius 3 is 2.84 bits per heavy atom. The lowest BCUT2D eigenvalue weighted by Crippen LogP contribution is -2.38. The summed E-state index contributed by atoms with van der Waals surface area (Å²) < 4.78 is 16.2. The zero-order chi connectivity index (χ0) is 17.2. The van der Waals surface area contributed by atoms with Crippen LogP contribution in [-0.2, 0) is 6.54 Å². The molecule has 2 aromatic heterocycles. The first kappa shape index (κ1) is 15.4. The first-order valence-electron chi connectivity index (χ1n) is 8.04. The van der Waals surface area contributed by atoms with Gasteiger partial charge in [-0.3, -0.25) is 9.48 Å². The number of rotatable bonds is 4. The van der Waals surface area contributed by atoms with Crippen LogP contribution in [0.3, 0.4) is 0 Å². The van der Waals surface area contributed by atoms with Crippen molar-refractivity contribution in [3.8, 4) is 5.69 Å². The zero-order valence-corrected chi connectivity index (χ0v) is 13.4. The van der Waals surface area contributed by atoms with Crippen LogP contribution in [0.2, 0.25) is 0 Å². The standard InChI is InChI=1S/C16H16FN7O/c17-12-3-5-13(6-4-12)24-11-15(19-21-24)16(25)23-8-1-2-14(23)10-22-9-7-18-20-22/h3-7,9,11,14H,1-2,8,10H2/t14-/m0/s1. The van der Waals surface area contributed by atoms with Gasteiger partial charge in [-0.2, -0.15) is 0 Å². The SMILES string of the molecule is O=C(c1cn(-c2ccc(F)cc2)nn1)N1CCC[C@H]1Cn1ccnn1. The fraction of sp³-hybridized carbons (Fsp3) is 0.312. The van der Waals surface area contributed by atoms with Crippen molar-refractivity contribution < 1.29 is 9.18 Å². The van der Waals surface area contributed by atoms with Crippen LogP contribution in [-0.4, -0.2) is 53.4 Å². The number of amides is 1. The molecule has 1 aliphatic rings. The molecule has 1 aliphatic heterocycles. The Morgan fingerprint density at radius 1 is 1.24 bits per heavy atom. The van der Waals surface area contributed by atoms with Crippen molar-refractivity contribution in [3.05, 3.63) is 54.4 Å². The Kier molecular flexibility index (Phi) is 3.96. The van der Waals surface area contributed by atoms with Gasteiger partial charge in [0.05, 0.1) is 30.7 Å². The summed E-state index contributed by atoms with van der Waals surface area (Å²) in [6, 6.07) is 5.91. The van der Waals surface area contributed by atoms with Crippen LogP contribution in [0.1, 0.15) is 23.3 Å². The second kappa shape index (κ2) is 6.42. The lowest BCUT2D eigenvalue weighted by atomic mass is 10.2. The van der Waals surface area contributed by atoms with Gasteiger partial charge in [0.1, 0.15) is 5.82 Å². The number of likely N-dealkylation sites (tertiary alicyclic amines) is 1. The van der Waals surface area contributed by atoms with E-state index in [1.54, 1.807) is 40.3 Å². The van der Waals surface area contributed by atoms with E-state index in [1.807, 2.05) is 0 Å². The van der Waals surface area contributed by atoms with Gasteiger partial charge in [0.15, 0.2) is 5.69 Å². The third-order valence-electron chi connectivity index (χ3n) is 4.31. The number of nitrogens with zero attached hydrogens (tertiary/aromatic N) is 7. The van der Waals surface area contributed by atoms with Crippen LogP contribution in [0, 0.1) is 5.82 Å². The highest BCUT2D eigenvalue weighted by Gasteiger charge is 2.31. The van der Waals surface area contributed by atoms with Crippen molar-refractivity contribution in [2.45, 2.75) is 25.4 Å². The van der Waals surface area contributed by atoms with Crippen LogP contribution < -0.4 is 0 Å². The highest BCUT2D eigenvalue weighted by atomic mass is 19.1. The van der Waals surface area contributed by atoms with Gasteiger partial charge in [-0.05, 0) is 37.1 Å². The average molecular weight is 341 g/mol. The van der Waals surface area contributed by atoms with Crippen LogP contribution in [0.4, 0.5) is 4.39 Å². The van der Waals surface area contributed by atoms with Gasteiger partial charge in [0.25, 0.3) is 5.91 Å². The van der Waals surface area contributed by atoms with Crippen molar-refractivity contribution >= 4 is 5.91 Å². The molecule has 0 unspecified atom stereocenters. The Bertz CT molecular complexity index is 859. The predicted molar refractivity (Wildman–Crippen MR) is 85.4 cm³/mol. The van der Waals surface area contributed by atoms with Crippen molar-refractivity contribution in [2.24, 2.45) is 0 Å². The minimum atomic E-state index is -0.326. The van der Waals surface area contributed by atoms with Gasteiger partial charge < -0.3 is 4.90 Å². The Morgan fingerprint density at radius 2 is 2.08 bits per heavy atom. The monoisotopic (exact) mass is 341 g/mol. The Labute approximate surface area is 142 Å². The Balaban J connectivity index is 1.51. The molecule has 3 aromatic rings. The molecule has 0 aliphatic carbocycles. The highest BCUT2D eigenvalue weighted by molar-refractivity contribution is 5.92. The fourth-order valence-corrected chi connectivity index (χ4v) is 3.07. The van der Waals surface area contributed by atoms with Crippen molar-refractivity contribution in [1.29, 1.82) is 0 Å². The molecular weight excluding hydrogens is 325 g/mol. The topological polar surface area (TPSA) is 81.7 Å². The molecule has 0 radical (unpaired) electrons.